The quantitative estimate of drug-likeness (QED) is 0.222. The van der Waals surface area contributed by atoms with Crippen molar-refractivity contribution >= 4 is 5.84 Å². The fourth-order valence-corrected chi connectivity index (χ4v) is 1.49. The first-order valence-electron chi connectivity index (χ1n) is 5.64. The van der Waals surface area contributed by atoms with Gasteiger partial charge in [0.15, 0.2) is 0 Å². The van der Waals surface area contributed by atoms with Crippen molar-refractivity contribution in [1.29, 1.82) is 0 Å². The van der Waals surface area contributed by atoms with E-state index in [0.717, 1.165) is 25.1 Å². The molecule has 0 atom stereocenters. The Morgan fingerprint density at radius 1 is 1.35 bits per heavy atom. The molecule has 0 amide bonds. The lowest BCUT2D eigenvalue weighted by Crippen LogP contribution is -2.21. The summed E-state index contributed by atoms with van der Waals surface area (Å²) in [5.41, 5.74) is 6.04. The second-order valence-electron chi connectivity index (χ2n) is 3.79. The number of oxime groups is 1. The standard InChI is InChI=1S/C12H18FN3O/c13-11-5-2-1-4-10(11)7-9-15-8-3-6-12(14)16-17/h1-2,4-5,15,17H,3,6-9H2,(H2,14,16). The van der Waals surface area contributed by atoms with Crippen LogP contribution in [0, 0.1) is 5.82 Å². The lowest BCUT2D eigenvalue weighted by Gasteiger charge is -2.05. The number of benzene rings is 1. The van der Waals surface area contributed by atoms with Crippen molar-refractivity contribution in [2.75, 3.05) is 13.1 Å². The van der Waals surface area contributed by atoms with E-state index in [1.54, 1.807) is 12.1 Å². The Labute approximate surface area is 100 Å². The molecule has 0 aromatic heterocycles. The maximum Gasteiger partial charge on any atom is 0.139 e. The molecule has 0 saturated heterocycles. The maximum absolute atomic E-state index is 13.2. The predicted octanol–water partition coefficient (Wildman–Crippen LogP) is 1.48. The molecule has 1 rings (SSSR count). The average Bonchev–Trinajstić information content (AvgIpc) is 2.35. The van der Waals surface area contributed by atoms with Gasteiger partial charge in [0.1, 0.15) is 11.7 Å². The molecule has 0 spiro atoms. The topological polar surface area (TPSA) is 70.6 Å². The third-order valence-corrected chi connectivity index (χ3v) is 2.44. The highest BCUT2D eigenvalue weighted by molar-refractivity contribution is 5.79. The maximum atomic E-state index is 13.2. The van der Waals surface area contributed by atoms with Crippen molar-refractivity contribution in [3.8, 4) is 0 Å². The molecule has 0 heterocycles. The number of nitrogens with one attached hydrogen (secondary N) is 1. The molecule has 0 aliphatic rings. The number of hydrogen-bond donors (Lipinski definition) is 3. The molecule has 0 fully saturated rings. The Balaban J connectivity index is 2.11. The molecule has 5 heteroatoms. The van der Waals surface area contributed by atoms with Crippen molar-refractivity contribution in [3.05, 3.63) is 35.6 Å². The van der Waals surface area contributed by atoms with Gasteiger partial charge in [-0.3, -0.25) is 0 Å². The SMILES string of the molecule is NC(CCCNCCc1ccccc1F)=NO. The van der Waals surface area contributed by atoms with E-state index in [9.17, 15) is 4.39 Å². The van der Waals surface area contributed by atoms with Gasteiger partial charge in [0.05, 0.1) is 0 Å². The first-order valence-corrected chi connectivity index (χ1v) is 5.64. The number of halogens is 1. The van der Waals surface area contributed by atoms with Crippen molar-refractivity contribution < 1.29 is 9.60 Å². The molecule has 0 radical (unpaired) electrons. The zero-order chi connectivity index (χ0) is 12.5. The van der Waals surface area contributed by atoms with Gasteiger partial charge in [0, 0.05) is 6.42 Å². The summed E-state index contributed by atoms with van der Waals surface area (Å²) in [4.78, 5) is 0. The van der Waals surface area contributed by atoms with E-state index < -0.39 is 0 Å². The molecular formula is C12H18FN3O. The molecule has 94 valence electrons. The van der Waals surface area contributed by atoms with E-state index in [0.29, 0.717) is 12.8 Å². The van der Waals surface area contributed by atoms with Crippen LogP contribution in [0.4, 0.5) is 4.39 Å². The molecule has 0 saturated carbocycles. The highest BCUT2D eigenvalue weighted by Crippen LogP contribution is 2.06. The van der Waals surface area contributed by atoms with Crippen LogP contribution in [0.2, 0.25) is 0 Å². The van der Waals surface area contributed by atoms with Gasteiger partial charge in [0.2, 0.25) is 0 Å². The molecule has 0 bridgehead atoms. The normalized spacial score (nSPS) is 11.7. The molecule has 1 aromatic carbocycles. The van der Waals surface area contributed by atoms with Crippen LogP contribution < -0.4 is 11.1 Å². The molecule has 4 nitrogen and oxygen atoms in total. The molecular weight excluding hydrogens is 221 g/mol. The predicted molar refractivity (Wildman–Crippen MR) is 65.6 cm³/mol. The number of nitrogens with zero attached hydrogens (tertiary/aromatic N) is 1. The monoisotopic (exact) mass is 239 g/mol. The highest BCUT2D eigenvalue weighted by atomic mass is 19.1. The average molecular weight is 239 g/mol. The lowest BCUT2D eigenvalue weighted by atomic mass is 10.1. The van der Waals surface area contributed by atoms with E-state index >= 15 is 0 Å². The van der Waals surface area contributed by atoms with Crippen LogP contribution in [-0.2, 0) is 6.42 Å². The lowest BCUT2D eigenvalue weighted by molar-refractivity contribution is 0.316. The summed E-state index contributed by atoms with van der Waals surface area (Å²) in [5, 5.41) is 14.4. The number of hydrogen-bond acceptors (Lipinski definition) is 3. The summed E-state index contributed by atoms with van der Waals surface area (Å²) in [6.45, 7) is 1.49. The van der Waals surface area contributed by atoms with Gasteiger partial charge in [-0.15, -0.1) is 0 Å². The van der Waals surface area contributed by atoms with Crippen LogP contribution >= 0.6 is 0 Å². The fraction of sp³-hybridized carbons (Fsp3) is 0.417. The van der Waals surface area contributed by atoms with Gasteiger partial charge in [0.25, 0.3) is 0 Å². The number of amidine groups is 1. The zero-order valence-electron chi connectivity index (χ0n) is 9.69. The Morgan fingerprint density at radius 3 is 2.82 bits per heavy atom. The van der Waals surface area contributed by atoms with Crippen LogP contribution in [0.15, 0.2) is 29.4 Å². The Morgan fingerprint density at radius 2 is 2.12 bits per heavy atom. The molecule has 0 aliphatic heterocycles. The van der Waals surface area contributed by atoms with Gasteiger partial charge < -0.3 is 16.3 Å². The first kappa shape index (κ1) is 13.4. The van der Waals surface area contributed by atoms with E-state index in [2.05, 4.69) is 10.5 Å². The van der Waals surface area contributed by atoms with Gasteiger partial charge in [-0.2, -0.15) is 0 Å². The van der Waals surface area contributed by atoms with E-state index in [1.807, 2.05) is 6.07 Å². The van der Waals surface area contributed by atoms with Crippen LogP contribution in [0.25, 0.3) is 0 Å². The zero-order valence-corrected chi connectivity index (χ0v) is 9.69. The Hall–Kier alpha value is -1.62. The summed E-state index contributed by atoms with van der Waals surface area (Å²) >= 11 is 0. The van der Waals surface area contributed by atoms with E-state index in [1.165, 1.54) is 6.07 Å². The summed E-state index contributed by atoms with van der Waals surface area (Å²) in [5.74, 6) is 0.0758. The summed E-state index contributed by atoms with van der Waals surface area (Å²) in [7, 11) is 0. The Bertz CT molecular complexity index is 369. The van der Waals surface area contributed by atoms with Crippen molar-refractivity contribution in [2.24, 2.45) is 10.9 Å². The second-order valence-corrected chi connectivity index (χ2v) is 3.79. The smallest absolute Gasteiger partial charge is 0.139 e. The van der Waals surface area contributed by atoms with E-state index in [4.69, 9.17) is 10.9 Å². The minimum atomic E-state index is -0.161. The number of nitrogens with two attached hydrogens (primary N) is 1. The second kappa shape index (κ2) is 7.62. The van der Waals surface area contributed by atoms with Crippen LogP contribution in [0.1, 0.15) is 18.4 Å². The van der Waals surface area contributed by atoms with E-state index in [-0.39, 0.29) is 11.7 Å². The first-order chi connectivity index (χ1) is 8.24. The molecule has 0 unspecified atom stereocenters. The third kappa shape index (κ3) is 5.31. The summed E-state index contributed by atoms with van der Waals surface area (Å²) in [6.07, 6.45) is 2.02. The Kier molecular flexibility index (Phi) is 6.03. The van der Waals surface area contributed by atoms with Crippen LogP contribution in [0.5, 0.6) is 0 Å². The van der Waals surface area contributed by atoms with Crippen LogP contribution in [-0.4, -0.2) is 24.1 Å². The number of rotatable bonds is 7. The van der Waals surface area contributed by atoms with Gasteiger partial charge in [-0.05, 0) is 37.6 Å². The minimum absolute atomic E-state index is 0.161. The molecule has 0 aliphatic carbocycles. The van der Waals surface area contributed by atoms with Crippen molar-refractivity contribution in [1.82, 2.24) is 5.32 Å². The molecule has 1 aromatic rings. The molecule has 17 heavy (non-hydrogen) atoms. The van der Waals surface area contributed by atoms with Gasteiger partial charge in [-0.1, -0.05) is 23.4 Å². The molecule has 4 N–H and O–H groups in total. The highest BCUT2D eigenvalue weighted by Gasteiger charge is 1.99. The summed E-state index contributed by atoms with van der Waals surface area (Å²) < 4.78 is 13.2. The van der Waals surface area contributed by atoms with Gasteiger partial charge >= 0.3 is 0 Å². The van der Waals surface area contributed by atoms with Crippen LogP contribution in [0.3, 0.4) is 0 Å². The largest absolute Gasteiger partial charge is 0.409 e. The fourth-order valence-electron chi connectivity index (χ4n) is 1.49. The van der Waals surface area contributed by atoms with Crippen molar-refractivity contribution in [3.63, 3.8) is 0 Å². The third-order valence-electron chi connectivity index (χ3n) is 2.44. The minimum Gasteiger partial charge on any atom is -0.409 e. The van der Waals surface area contributed by atoms with Gasteiger partial charge in [-0.25, -0.2) is 4.39 Å². The van der Waals surface area contributed by atoms with Crippen molar-refractivity contribution in [2.45, 2.75) is 19.3 Å². The summed E-state index contributed by atoms with van der Waals surface area (Å²) in [6, 6.07) is 6.77.